The number of carbonyl (C=O) groups is 2. The van der Waals surface area contributed by atoms with Gasteiger partial charge >= 0.3 is 0 Å². The third-order valence-corrected chi connectivity index (χ3v) is 9.31. The maximum Gasteiger partial charge on any atom is 0.264 e. The molecule has 0 spiro atoms. The van der Waals surface area contributed by atoms with Crippen LogP contribution in [0.5, 0.6) is 5.75 Å². The maximum absolute atomic E-state index is 14.1. The molecule has 3 rings (SSSR count). The molecule has 8 nitrogen and oxygen atoms in total. The minimum absolute atomic E-state index is 0.0469. The lowest BCUT2D eigenvalue weighted by Gasteiger charge is -2.33. The van der Waals surface area contributed by atoms with Crippen molar-refractivity contribution >= 4 is 66.7 Å². The maximum atomic E-state index is 14.1. The summed E-state index contributed by atoms with van der Waals surface area (Å²) in [6.45, 7) is 8.34. The molecule has 1 atom stereocenters. The zero-order valence-electron chi connectivity index (χ0n) is 24.2. The van der Waals surface area contributed by atoms with Crippen LogP contribution in [0, 0.1) is 6.92 Å². The van der Waals surface area contributed by atoms with Gasteiger partial charge in [-0.2, -0.15) is 0 Å². The fourth-order valence-corrected chi connectivity index (χ4v) is 6.67. The molecule has 0 radical (unpaired) electrons. The number of nitrogens with zero attached hydrogens (tertiary/aromatic N) is 2. The van der Waals surface area contributed by atoms with Crippen molar-refractivity contribution in [1.82, 2.24) is 10.2 Å². The number of benzene rings is 3. The SMILES string of the molecule is COc1ccc(S(=O)(=O)N(CC(=O)N(Cc2ccc(Cl)cc2Cl)[C@H](C)C(=O)NC(C)(C)C)c2ccc(C)cc2)cc1Br. The van der Waals surface area contributed by atoms with Crippen LogP contribution in [-0.4, -0.2) is 50.4 Å². The van der Waals surface area contributed by atoms with Gasteiger partial charge in [-0.05, 0) is 98.6 Å². The quantitative estimate of drug-likeness (QED) is 0.258. The Hall–Kier alpha value is -2.79. The summed E-state index contributed by atoms with van der Waals surface area (Å²) in [7, 11) is -2.77. The summed E-state index contributed by atoms with van der Waals surface area (Å²) in [4.78, 5) is 28.6. The summed E-state index contributed by atoms with van der Waals surface area (Å²) in [6.07, 6.45) is 0. The van der Waals surface area contributed by atoms with Crippen LogP contribution in [0.15, 0.2) is 70.0 Å². The molecule has 2 amide bonds. The van der Waals surface area contributed by atoms with Gasteiger partial charge in [0.05, 0.1) is 22.2 Å². The number of anilines is 1. The average molecular weight is 699 g/mol. The Morgan fingerprint density at radius 2 is 1.67 bits per heavy atom. The lowest BCUT2D eigenvalue weighted by Crippen LogP contribution is -2.54. The molecule has 3 aromatic rings. The van der Waals surface area contributed by atoms with E-state index in [1.54, 1.807) is 49.4 Å². The standard InChI is InChI=1S/C30H34BrCl2N3O5S/c1-19-7-11-23(12-8-19)36(42(39,40)24-13-14-27(41-6)25(31)16-24)18-28(37)35(20(2)29(38)34-30(3,4)5)17-21-9-10-22(32)15-26(21)33/h7-16,20H,17-18H2,1-6H3,(H,34,38)/t20-/m1/s1. The predicted molar refractivity (Wildman–Crippen MR) is 171 cm³/mol. The van der Waals surface area contributed by atoms with Crippen molar-refractivity contribution in [3.63, 3.8) is 0 Å². The van der Waals surface area contributed by atoms with E-state index in [1.807, 2.05) is 27.7 Å². The molecule has 3 aromatic carbocycles. The van der Waals surface area contributed by atoms with E-state index >= 15 is 0 Å². The summed E-state index contributed by atoms with van der Waals surface area (Å²) in [5, 5.41) is 3.63. The van der Waals surface area contributed by atoms with Crippen molar-refractivity contribution in [3.05, 3.63) is 86.3 Å². The third-order valence-electron chi connectivity index (χ3n) is 6.33. The van der Waals surface area contributed by atoms with Crippen LogP contribution in [0.2, 0.25) is 10.0 Å². The predicted octanol–water partition coefficient (Wildman–Crippen LogP) is 6.60. The van der Waals surface area contributed by atoms with Gasteiger partial charge in [-0.3, -0.25) is 13.9 Å². The summed E-state index contributed by atoms with van der Waals surface area (Å²) < 4.78 is 34.8. The van der Waals surface area contributed by atoms with Crippen molar-refractivity contribution in [2.24, 2.45) is 0 Å². The number of halogens is 3. The van der Waals surface area contributed by atoms with E-state index in [9.17, 15) is 18.0 Å². The van der Waals surface area contributed by atoms with Gasteiger partial charge in [0.15, 0.2) is 0 Å². The van der Waals surface area contributed by atoms with E-state index in [0.717, 1.165) is 9.87 Å². The zero-order chi connectivity index (χ0) is 31.4. The highest BCUT2D eigenvalue weighted by molar-refractivity contribution is 9.10. The van der Waals surface area contributed by atoms with Gasteiger partial charge in [0.1, 0.15) is 18.3 Å². The molecule has 1 N–H and O–H groups in total. The van der Waals surface area contributed by atoms with Crippen molar-refractivity contribution in [1.29, 1.82) is 0 Å². The van der Waals surface area contributed by atoms with Crippen LogP contribution >= 0.6 is 39.1 Å². The molecule has 42 heavy (non-hydrogen) atoms. The van der Waals surface area contributed by atoms with E-state index in [-0.39, 0.29) is 17.1 Å². The van der Waals surface area contributed by atoms with Gasteiger partial charge < -0.3 is 15.0 Å². The largest absolute Gasteiger partial charge is 0.496 e. The molecule has 0 aliphatic heterocycles. The first-order chi connectivity index (χ1) is 19.5. The second-order valence-corrected chi connectivity index (χ2v) is 14.4. The first-order valence-electron chi connectivity index (χ1n) is 13.0. The number of aryl methyl sites for hydroxylation is 1. The Balaban J connectivity index is 2.08. The number of rotatable bonds is 10. The first-order valence-corrected chi connectivity index (χ1v) is 16.0. The fourth-order valence-electron chi connectivity index (χ4n) is 4.06. The number of amides is 2. The Kier molecular flexibility index (Phi) is 11.0. The van der Waals surface area contributed by atoms with Crippen molar-refractivity contribution < 1.29 is 22.7 Å². The molecule has 0 aliphatic carbocycles. The van der Waals surface area contributed by atoms with E-state index in [1.165, 1.54) is 30.2 Å². The third kappa shape index (κ3) is 8.40. The second-order valence-electron chi connectivity index (χ2n) is 10.8. The van der Waals surface area contributed by atoms with Gasteiger partial charge in [0.2, 0.25) is 11.8 Å². The van der Waals surface area contributed by atoms with Gasteiger partial charge in [-0.15, -0.1) is 0 Å². The van der Waals surface area contributed by atoms with E-state index < -0.39 is 40.0 Å². The minimum atomic E-state index is -4.25. The zero-order valence-corrected chi connectivity index (χ0v) is 28.2. The highest BCUT2D eigenvalue weighted by Gasteiger charge is 2.34. The number of nitrogens with one attached hydrogen (secondary N) is 1. The topological polar surface area (TPSA) is 96.0 Å². The first kappa shape index (κ1) is 33.7. The monoisotopic (exact) mass is 697 g/mol. The molecule has 0 heterocycles. The summed E-state index contributed by atoms with van der Waals surface area (Å²) in [6, 6.07) is 15.0. The highest BCUT2D eigenvalue weighted by Crippen LogP contribution is 2.31. The van der Waals surface area contributed by atoms with Gasteiger partial charge in [-0.25, -0.2) is 8.42 Å². The lowest BCUT2D eigenvalue weighted by molar-refractivity contribution is -0.140. The van der Waals surface area contributed by atoms with Gasteiger partial charge in [0, 0.05) is 22.1 Å². The number of methoxy groups -OCH3 is 1. The molecule has 0 fully saturated rings. The van der Waals surface area contributed by atoms with Crippen molar-refractivity contribution in [2.75, 3.05) is 18.0 Å². The molecule has 0 saturated carbocycles. The lowest BCUT2D eigenvalue weighted by atomic mass is 10.1. The number of hydrogen-bond acceptors (Lipinski definition) is 5. The number of sulfonamides is 1. The fraction of sp³-hybridized carbons (Fsp3) is 0.333. The van der Waals surface area contributed by atoms with Crippen LogP contribution < -0.4 is 14.4 Å². The molecule has 0 saturated heterocycles. The molecular weight excluding hydrogens is 665 g/mol. The summed E-state index contributed by atoms with van der Waals surface area (Å²) in [5.74, 6) is -0.546. The van der Waals surface area contributed by atoms with Crippen molar-refractivity contribution in [2.45, 2.75) is 57.6 Å². The van der Waals surface area contributed by atoms with Crippen LogP contribution in [0.3, 0.4) is 0 Å². The van der Waals surface area contributed by atoms with Gasteiger partial charge in [0.25, 0.3) is 10.0 Å². The van der Waals surface area contributed by atoms with E-state index in [0.29, 0.717) is 25.8 Å². The van der Waals surface area contributed by atoms with E-state index in [4.69, 9.17) is 27.9 Å². The smallest absolute Gasteiger partial charge is 0.264 e. The number of ether oxygens (including phenoxy) is 1. The Labute approximate surface area is 266 Å². The Bertz CT molecular complexity index is 1560. The molecule has 0 bridgehead atoms. The van der Waals surface area contributed by atoms with Crippen LogP contribution in [-0.2, 0) is 26.2 Å². The molecule has 12 heteroatoms. The van der Waals surface area contributed by atoms with Crippen LogP contribution in [0.25, 0.3) is 0 Å². The van der Waals surface area contributed by atoms with Crippen LogP contribution in [0.4, 0.5) is 5.69 Å². The molecular formula is C30H34BrCl2N3O5S. The molecule has 0 aromatic heterocycles. The average Bonchev–Trinajstić information content (AvgIpc) is 2.90. The minimum Gasteiger partial charge on any atom is -0.496 e. The van der Waals surface area contributed by atoms with Gasteiger partial charge in [-0.1, -0.05) is 47.0 Å². The summed E-state index contributed by atoms with van der Waals surface area (Å²) >= 11 is 15.9. The van der Waals surface area contributed by atoms with E-state index in [2.05, 4.69) is 21.2 Å². The molecule has 226 valence electrons. The molecule has 0 aliphatic rings. The summed E-state index contributed by atoms with van der Waals surface area (Å²) in [5.41, 5.74) is 1.20. The number of carbonyl (C=O) groups excluding carboxylic acids is 2. The van der Waals surface area contributed by atoms with Crippen LogP contribution in [0.1, 0.15) is 38.8 Å². The normalized spacial score (nSPS) is 12.4. The Morgan fingerprint density at radius 1 is 1.02 bits per heavy atom. The second kappa shape index (κ2) is 13.7. The highest BCUT2D eigenvalue weighted by atomic mass is 79.9. The number of hydrogen-bond donors (Lipinski definition) is 1. The van der Waals surface area contributed by atoms with Crippen molar-refractivity contribution in [3.8, 4) is 5.75 Å². The Morgan fingerprint density at radius 3 is 2.21 bits per heavy atom. The molecule has 0 unspecified atom stereocenters.